The number of allylic oxidation sites excluding steroid dienone is 2. The first-order valence-electron chi connectivity index (χ1n) is 16.4. The molecule has 0 amide bonds. The smallest absolute Gasteiger partial charge is 0.322 e. The lowest BCUT2D eigenvalue weighted by Gasteiger charge is -2.17. The molecule has 58 heavy (non-hydrogen) atoms. The summed E-state index contributed by atoms with van der Waals surface area (Å²) in [6.07, 6.45) is 2.14. The van der Waals surface area contributed by atoms with Crippen LogP contribution < -0.4 is 21.5 Å². The number of carboxylic acid groups (broad SMARTS) is 2. The Morgan fingerprint density at radius 2 is 0.879 bits per heavy atom. The number of rotatable bonds is 14. The van der Waals surface area contributed by atoms with Crippen LogP contribution in [0.25, 0.3) is 12.2 Å². The molecule has 4 aromatic rings. The van der Waals surface area contributed by atoms with Crippen LogP contribution in [0.15, 0.2) is 115 Å². The van der Waals surface area contributed by atoms with Crippen molar-refractivity contribution in [3.8, 4) is 0 Å². The van der Waals surface area contributed by atoms with E-state index in [0.29, 0.717) is 22.7 Å². The number of hydrogen-bond acceptors (Lipinski definition) is 16. The lowest BCUT2D eigenvalue weighted by molar-refractivity contribution is -0.135. The molecule has 0 unspecified atom stereocenters. The summed E-state index contributed by atoms with van der Waals surface area (Å²) in [5.74, 6) is -3.96. The van der Waals surface area contributed by atoms with E-state index in [1.54, 1.807) is 0 Å². The highest BCUT2D eigenvalue weighted by molar-refractivity contribution is 7.91. The molecule has 0 saturated carbocycles. The van der Waals surface area contributed by atoms with Crippen LogP contribution in [0.5, 0.6) is 0 Å². The van der Waals surface area contributed by atoms with E-state index in [1.807, 2.05) is 0 Å². The Morgan fingerprint density at radius 3 is 1.21 bits per heavy atom. The third kappa shape index (κ3) is 9.51. The van der Waals surface area contributed by atoms with Gasteiger partial charge in [0.05, 0.1) is 22.7 Å². The van der Waals surface area contributed by atoms with E-state index in [-0.39, 0.29) is 33.6 Å². The number of nitrogens with one attached hydrogen (secondary N) is 4. The molecule has 20 nitrogen and oxygen atoms in total. The molecule has 22 heteroatoms. The molecule has 8 N–H and O–H groups in total. The van der Waals surface area contributed by atoms with Gasteiger partial charge < -0.3 is 20.8 Å². The zero-order valence-corrected chi connectivity index (χ0v) is 30.9. The fraction of sp³-hybridized carbons (Fsp3) is 0.0556. The Hall–Kier alpha value is -7.40. The van der Waals surface area contributed by atoms with Gasteiger partial charge in [-0.15, -0.1) is 0 Å². The highest BCUT2D eigenvalue weighted by Gasteiger charge is 2.34. The molecule has 6 rings (SSSR count). The van der Waals surface area contributed by atoms with Gasteiger partial charge in [-0.1, -0.05) is 12.1 Å². The summed E-state index contributed by atoms with van der Waals surface area (Å²) in [7, 11) is -9.77. The molecular formula is C36H28N8O12S2. The molecular weight excluding hydrogens is 801 g/mol. The average molecular weight is 829 g/mol. The molecule has 0 aliphatic heterocycles. The monoisotopic (exact) mass is 828 g/mol. The number of anilines is 4. The highest BCUT2D eigenvalue weighted by atomic mass is 32.2. The van der Waals surface area contributed by atoms with Gasteiger partial charge in [0.2, 0.25) is 11.6 Å². The van der Waals surface area contributed by atoms with Crippen molar-refractivity contribution < 1.29 is 55.3 Å². The number of hydrazone groups is 2. The fourth-order valence-corrected chi connectivity index (χ4v) is 6.71. The minimum atomic E-state index is -4.89. The van der Waals surface area contributed by atoms with Gasteiger partial charge >= 0.3 is 11.9 Å². The molecule has 0 bridgehead atoms. The topological polar surface area (TPSA) is 315 Å². The molecule has 0 saturated heterocycles. The predicted octanol–water partition coefficient (Wildman–Crippen LogP) is 4.88. The van der Waals surface area contributed by atoms with Gasteiger partial charge in [0.1, 0.15) is 22.9 Å². The summed E-state index contributed by atoms with van der Waals surface area (Å²) in [4.78, 5) is 47.0. The van der Waals surface area contributed by atoms with Crippen molar-refractivity contribution in [1.29, 1.82) is 0 Å². The minimum absolute atomic E-state index is 0.0222. The molecule has 4 aromatic carbocycles. The molecule has 0 atom stereocenters. The number of carbonyl (C=O) groups is 4. The van der Waals surface area contributed by atoms with Gasteiger partial charge in [0.25, 0.3) is 20.2 Å². The molecule has 0 radical (unpaired) electrons. The van der Waals surface area contributed by atoms with Crippen LogP contribution in [0.2, 0.25) is 0 Å². The fourth-order valence-electron chi connectivity index (χ4n) is 5.40. The van der Waals surface area contributed by atoms with Gasteiger partial charge in [0.15, 0.2) is 11.4 Å². The number of carboxylic acids is 2. The SMILES string of the molecule is O=C(O)CNc1ccc2c(c1)C(=O)C(=NNc1ccc(N=Nc3ccc(NN=C4C(=O)c5cc(NCC(=O)O)ccc5C=C4S(=O)(=O)O)cc3)cc1)C(S(=O)(=O)O)=C2. The van der Waals surface area contributed by atoms with E-state index in [1.165, 1.54) is 84.9 Å². The van der Waals surface area contributed by atoms with Gasteiger partial charge in [-0.2, -0.15) is 37.3 Å². The van der Waals surface area contributed by atoms with Crippen LogP contribution in [-0.2, 0) is 29.8 Å². The normalized spacial score (nSPS) is 15.3. The number of fused-ring (bicyclic) bond motifs is 2. The van der Waals surface area contributed by atoms with E-state index in [0.717, 1.165) is 12.2 Å². The van der Waals surface area contributed by atoms with E-state index < -0.39 is 78.1 Å². The molecule has 296 valence electrons. The third-order valence-corrected chi connectivity index (χ3v) is 9.85. The number of aliphatic carboxylic acids is 2. The second-order valence-corrected chi connectivity index (χ2v) is 14.9. The van der Waals surface area contributed by atoms with Gasteiger partial charge in [-0.3, -0.25) is 39.1 Å². The van der Waals surface area contributed by atoms with Crippen molar-refractivity contribution in [3.05, 3.63) is 117 Å². The average Bonchev–Trinajstić information content (AvgIpc) is 3.17. The highest BCUT2D eigenvalue weighted by Crippen LogP contribution is 2.30. The Balaban J connectivity index is 1.13. The largest absolute Gasteiger partial charge is 0.480 e. The minimum Gasteiger partial charge on any atom is -0.480 e. The first-order chi connectivity index (χ1) is 27.5. The van der Waals surface area contributed by atoms with Crippen LogP contribution >= 0.6 is 0 Å². The molecule has 2 aliphatic rings. The Kier molecular flexibility index (Phi) is 11.4. The summed E-state index contributed by atoms with van der Waals surface area (Å²) in [6, 6.07) is 20.5. The zero-order valence-electron chi connectivity index (χ0n) is 29.3. The summed E-state index contributed by atoms with van der Waals surface area (Å²) in [5, 5.41) is 39.3. The summed E-state index contributed by atoms with van der Waals surface area (Å²) >= 11 is 0. The quantitative estimate of drug-likeness (QED) is 0.0477. The van der Waals surface area contributed by atoms with Crippen molar-refractivity contribution in [2.45, 2.75) is 0 Å². The second-order valence-electron chi connectivity index (χ2n) is 12.2. The van der Waals surface area contributed by atoms with Gasteiger partial charge in [-0.25, -0.2) is 0 Å². The predicted molar refractivity (Wildman–Crippen MR) is 212 cm³/mol. The van der Waals surface area contributed by atoms with Crippen molar-refractivity contribution in [1.82, 2.24) is 0 Å². The van der Waals surface area contributed by atoms with Gasteiger partial charge in [0, 0.05) is 22.5 Å². The van der Waals surface area contributed by atoms with Crippen LogP contribution in [0.3, 0.4) is 0 Å². The summed E-state index contributed by atoms with van der Waals surface area (Å²) in [5.41, 5.74) is 6.26. The third-order valence-electron chi connectivity index (χ3n) is 8.12. The van der Waals surface area contributed by atoms with E-state index in [4.69, 9.17) is 10.2 Å². The maximum Gasteiger partial charge on any atom is 0.322 e. The van der Waals surface area contributed by atoms with E-state index >= 15 is 0 Å². The first-order valence-corrected chi connectivity index (χ1v) is 19.3. The summed E-state index contributed by atoms with van der Waals surface area (Å²) < 4.78 is 68.3. The van der Waals surface area contributed by atoms with Crippen molar-refractivity contribution in [2.75, 3.05) is 34.6 Å². The number of azo groups is 1. The number of hydrogen-bond donors (Lipinski definition) is 8. The standard InChI is InChI=1S/C36H28N8O12S2/c45-31(46)17-37-25-3-1-19-13-29(57(51,52)53)33(35(49)27(19)15-25)43-41-23-9-5-21(6-10-23)39-40-22-7-11-24(12-8-22)42-44-34-30(58(54,55)56)14-20-2-4-26(38-18-32(47)48)16-28(20)36(34)50/h1-16,37-38,41-42H,17-18H2,(H,45,46)(H,47,48)(H,51,52,53)(H,54,55,56). The van der Waals surface area contributed by atoms with Crippen molar-refractivity contribution in [2.24, 2.45) is 20.4 Å². The lowest BCUT2D eigenvalue weighted by Crippen LogP contribution is -2.27. The molecule has 0 spiro atoms. The number of benzene rings is 4. The lowest BCUT2D eigenvalue weighted by atomic mass is 9.94. The van der Waals surface area contributed by atoms with E-state index in [2.05, 4.69) is 41.9 Å². The van der Waals surface area contributed by atoms with Crippen LogP contribution in [0.1, 0.15) is 31.8 Å². The first kappa shape index (κ1) is 40.3. The maximum absolute atomic E-state index is 13.3. The molecule has 0 fully saturated rings. The Bertz CT molecular complexity index is 2570. The van der Waals surface area contributed by atoms with Crippen LogP contribution in [-0.4, -0.2) is 84.2 Å². The maximum atomic E-state index is 13.3. The number of Topliss-reactive ketones (excluding diaryl/α,β-unsaturated/α-hetero) is 2. The molecule has 0 heterocycles. The number of nitrogens with zero attached hydrogens (tertiary/aromatic N) is 4. The number of carbonyl (C=O) groups excluding carboxylic acids is 2. The Morgan fingerprint density at radius 1 is 0.534 bits per heavy atom. The van der Waals surface area contributed by atoms with E-state index in [9.17, 15) is 45.1 Å². The zero-order chi connectivity index (χ0) is 41.8. The van der Waals surface area contributed by atoms with Gasteiger partial charge in [-0.05, 0) is 96.1 Å². The van der Waals surface area contributed by atoms with Crippen LogP contribution in [0.4, 0.5) is 34.1 Å². The number of ketones is 2. The second kappa shape index (κ2) is 16.4. The summed E-state index contributed by atoms with van der Waals surface area (Å²) in [6.45, 7) is -0.857. The molecule has 2 aliphatic carbocycles. The van der Waals surface area contributed by atoms with Crippen molar-refractivity contribution in [3.63, 3.8) is 0 Å². The Labute approximate surface area is 327 Å². The van der Waals surface area contributed by atoms with Crippen LogP contribution in [0, 0.1) is 0 Å². The molecule has 0 aromatic heterocycles. The van der Waals surface area contributed by atoms with Crippen molar-refractivity contribution >= 4 is 101 Å².